The van der Waals surface area contributed by atoms with E-state index in [-0.39, 0.29) is 23.5 Å². The van der Waals surface area contributed by atoms with Crippen molar-refractivity contribution < 1.29 is 14.4 Å². The highest BCUT2D eigenvalue weighted by Crippen LogP contribution is 2.25. The molecule has 5 rings (SSSR count). The van der Waals surface area contributed by atoms with Gasteiger partial charge in [-0.25, -0.2) is 0 Å². The third-order valence-electron chi connectivity index (χ3n) is 6.29. The van der Waals surface area contributed by atoms with Gasteiger partial charge in [-0.2, -0.15) is 0 Å². The number of fused-ring (bicyclic) bond motifs is 2. The number of aromatic nitrogens is 1. The summed E-state index contributed by atoms with van der Waals surface area (Å²) in [4.78, 5) is 43.9. The van der Waals surface area contributed by atoms with Gasteiger partial charge in [-0.15, -0.1) is 0 Å². The molecule has 3 N–H and O–H groups in total. The van der Waals surface area contributed by atoms with E-state index in [0.717, 1.165) is 16.3 Å². The summed E-state index contributed by atoms with van der Waals surface area (Å²) in [5, 5.41) is 5.91. The van der Waals surface area contributed by atoms with Crippen molar-refractivity contribution in [3.63, 3.8) is 0 Å². The van der Waals surface area contributed by atoms with Gasteiger partial charge in [-0.05, 0) is 72.1 Å². The molecule has 3 amide bonds. The van der Waals surface area contributed by atoms with Gasteiger partial charge >= 0.3 is 0 Å². The largest absolute Gasteiger partial charge is 0.356 e. The lowest BCUT2D eigenvalue weighted by atomic mass is 10.1. The van der Waals surface area contributed by atoms with E-state index in [1.165, 1.54) is 4.90 Å². The lowest BCUT2D eigenvalue weighted by Crippen LogP contribution is -2.53. The summed E-state index contributed by atoms with van der Waals surface area (Å²) in [6.45, 7) is 0.0137. The molecule has 1 aromatic heterocycles. The maximum Gasteiger partial charge on any atom is 0.269 e. The second-order valence-electron chi connectivity index (χ2n) is 8.89. The van der Waals surface area contributed by atoms with Crippen LogP contribution in [0.15, 0.2) is 79.1 Å². The van der Waals surface area contributed by atoms with Gasteiger partial charge in [-0.1, -0.05) is 47.5 Å². The lowest BCUT2D eigenvalue weighted by molar-refractivity contribution is 0.0641. The van der Waals surface area contributed by atoms with Crippen LogP contribution in [-0.2, 0) is 6.42 Å². The van der Waals surface area contributed by atoms with Crippen LogP contribution in [0.2, 0.25) is 10.0 Å². The Balaban J connectivity index is 1.29. The molecule has 1 aliphatic rings. The number of amides is 3. The van der Waals surface area contributed by atoms with Gasteiger partial charge in [0.1, 0.15) is 0 Å². The van der Waals surface area contributed by atoms with E-state index in [4.69, 9.17) is 35.4 Å². The van der Waals surface area contributed by atoms with Crippen molar-refractivity contribution in [1.29, 1.82) is 0 Å². The number of nitrogens with zero attached hydrogens (tertiary/aromatic N) is 2. The second-order valence-corrected chi connectivity index (χ2v) is 10.1. The summed E-state index contributed by atoms with van der Waals surface area (Å²) < 4.78 is 0. The van der Waals surface area contributed by atoms with Gasteiger partial charge in [0.25, 0.3) is 17.7 Å². The molecular formula is C28H21Cl2N5O3S. The Labute approximate surface area is 239 Å². The van der Waals surface area contributed by atoms with Crippen LogP contribution in [0.4, 0.5) is 0 Å². The van der Waals surface area contributed by atoms with Gasteiger partial charge in [-0.3, -0.25) is 35.1 Å². The first kappa shape index (κ1) is 26.6. The van der Waals surface area contributed by atoms with E-state index in [2.05, 4.69) is 21.2 Å². The Morgan fingerprint density at radius 3 is 2.38 bits per heavy atom. The molecule has 11 heteroatoms. The maximum atomic E-state index is 13.0. The van der Waals surface area contributed by atoms with Crippen molar-refractivity contribution in [1.82, 2.24) is 26.1 Å². The molecule has 39 heavy (non-hydrogen) atoms. The number of pyridine rings is 1. The fourth-order valence-electron chi connectivity index (χ4n) is 4.37. The number of imide groups is 1. The van der Waals surface area contributed by atoms with Crippen LogP contribution >= 0.6 is 35.4 Å². The number of halogens is 2. The average molecular weight is 578 g/mol. The van der Waals surface area contributed by atoms with E-state index in [1.807, 2.05) is 12.1 Å². The molecule has 0 saturated heterocycles. The predicted molar refractivity (Wildman–Crippen MR) is 154 cm³/mol. The quantitative estimate of drug-likeness (QED) is 0.175. The summed E-state index contributed by atoms with van der Waals surface area (Å²) in [6.07, 6.45) is 3.69. The van der Waals surface area contributed by atoms with Crippen LogP contribution < -0.4 is 16.2 Å². The molecule has 0 bridgehead atoms. The molecule has 3 aromatic carbocycles. The van der Waals surface area contributed by atoms with Gasteiger partial charge in [0.15, 0.2) is 5.11 Å². The highest BCUT2D eigenvalue weighted by molar-refractivity contribution is 7.80. The fraction of sp³-hybridized carbons (Fsp3) is 0.107. The van der Waals surface area contributed by atoms with Crippen molar-refractivity contribution >= 4 is 69.0 Å². The summed E-state index contributed by atoms with van der Waals surface area (Å²) in [7, 11) is 0. The third-order valence-corrected chi connectivity index (χ3v) is 7.10. The number of benzene rings is 3. The Bertz CT molecular complexity index is 1600. The van der Waals surface area contributed by atoms with E-state index >= 15 is 0 Å². The first-order valence-corrected chi connectivity index (χ1v) is 13.1. The molecule has 0 radical (unpaired) electrons. The van der Waals surface area contributed by atoms with Crippen molar-refractivity contribution in [2.45, 2.75) is 12.5 Å². The van der Waals surface area contributed by atoms with Gasteiger partial charge in [0.2, 0.25) is 0 Å². The zero-order chi connectivity index (χ0) is 27.5. The molecule has 0 spiro atoms. The highest BCUT2D eigenvalue weighted by atomic mass is 35.5. The Kier molecular flexibility index (Phi) is 7.74. The molecule has 1 atom stereocenters. The SMILES string of the molecule is O=C(NNC(=S)N[C@@H](Cc1ccc(Cl)cc1Cl)CN1C(=O)c2ccccc2C1=O)c1ccc2cnccc2c1. The molecule has 196 valence electrons. The minimum Gasteiger partial charge on any atom is -0.356 e. The smallest absolute Gasteiger partial charge is 0.269 e. The second kappa shape index (κ2) is 11.4. The van der Waals surface area contributed by atoms with Crippen LogP contribution in [0.25, 0.3) is 10.8 Å². The normalized spacial score (nSPS) is 13.2. The van der Waals surface area contributed by atoms with Crippen LogP contribution in [0.5, 0.6) is 0 Å². The van der Waals surface area contributed by atoms with E-state index in [1.54, 1.807) is 67.0 Å². The number of hydrogen-bond acceptors (Lipinski definition) is 5. The third kappa shape index (κ3) is 5.85. The molecule has 0 fully saturated rings. The van der Waals surface area contributed by atoms with E-state index in [0.29, 0.717) is 33.2 Å². The van der Waals surface area contributed by atoms with Crippen molar-refractivity contribution in [2.75, 3.05) is 6.54 Å². The van der Waals surface area contributed by atoms with Crippen molar-refractivity contribution in [3.8, 4) is 0 Å². The Morgan fingerprint density at radius 2 is 1.67 bits per heavy atom. The molecule has 2 heterocycles. The van der Waals surface area contributed by atoms with E-state index < -0.39 is 11.9 Å². The maximum absolute atomic E-state index is 13.0. The molecule has 0 aliphatic carbocycles. The Hall–Kier alpha value is -4.05. The zero-order valence-electron chi connectivity index (χ0n) is 20.3. The monoisotopic (exact) mass is 577 g/mol. The number of carbonyl (C=O) groups excluding carboxylic acids is 3. The molecule has 4 aromatic rings. The first-order chi connectivity index (χ1) is 18.8. The molecule has 1 aliphatic heterocycles. The van der Waals surface area contributed by atoms with Crippen molar-refractivity contribution in [2.24, 2.45) is 0 Å². The minimum absolute atomic E-state index is 0.0137. The predicted octanol–water partition coefficient (Wildman–Crippen LogP) is 4.56. The highest BCUT2D eigenvalue weighted by Gasteiger charge is 2.36. The topological polar surface area (TPSA) is 103 Å². The van der Waals surface area contributed by atoms with Crippen LogP contribution in [0, 0.1) is 0 Å². The summed E-state index contributed by atoms with van der Waals surface area (Å²) in [5.41, 5.74) is 7.15. The average Bonchev–Trinajstić information content (AvgIpc) is 3.17. The lowest BCUT2D eigenvalue weighted by Gasteiger charge is -2.25. The number of hydrazine groups is 1. The van der Waals surface area contributed by atoms with Crippen LogP contribution in [-0.4, -0.2) is 45.3 Å². The van der Waals surface area contributed by atoms with E-state index in [9.17, 15) is 14.4 Å². The minimum atomic E-state index is -0.532. The Morgan fingerprint density at radius 1 is 0.923 bits per heavy atom. The number of thiocarbonyl (C=S) groups is 1. The molecule has 0 saturated carbocycles. The van der Waals surface area contributed by atoms with Gasteiger partial charge in [0.05, 0.1) is 17.2 Å². The number of rotatable bonds is 6. The summed E-state index contributed by atoms with van der Waals surface area (Å²) in [5.74, 6) is -1.16. The van der Waals surface area contributed by atoms with Crippen molar-refractivity contribution in [3.05, 3.63) is 111 Å². The molecule has 8 nitrogen and oxygen atoms in total. The zero-order valence-corrected chi connectivity index (χ0v) is 22.6. The number of carbonyl (C=O) groups is 3. The standard InChI is InChI=1S/C28H21Cl2N5O3S/c29-20-8-7-17(24(30)13-20)12-21(15-35-26(37)22-3-1-2-4-23(22)27(35)38)32-28(39)34-33-25(36)18-5-6-19-14-31-10-9-16(19)11-18/h1-11,13-14,21H,12,15H2,(H,33,36)(H2,32,34,39)/t21-/m0/s1. The summed E-state index contributed by atoms with van der Waals surface area (Å²) in [6, 6.07) is 18.3. The first-order valence-electron chi connectivity index (χ1n) is 11.9. The molecule has 0 unspecified atom stereocenters. The molecular weight excluding hydrogens is 557 g/mol. The van der Waals surface area contributed by atoms with Gasteiger partial charge < -0.3 is 5.32 Å². The van der Waals surface area contributed by atoms with Crippen LogP contribution in [0.3, 0.4) is 0 Å². The number of hydrogen-bond donors (Lipinski definition) is 3. The number of nitrogens with one attached hydrogen (secondary N) is 3. The van der Waals surface area contributed by atoms with Crippen LogP contribution in [0.1, 0.15) is 36.6 Å². The summed E-state index contributed by atoms with van der Waals surface area (Å²) >= 11 is 17.9. The van der Waals surface area contributed by atoms with Gasteiger partial charge in [0, 0.05) is 39.9 Å². The fourth-order valence-corrected chi connectivity index (χ4v) is 5.07.